The van der Waals surface area contributed by atoms with E-state index < -0.39 is 6.10 Å². The summed E-state index contributed by atoms with van der Waals surface area (Å²) in [5.74, 6) is 0.716. The van der Waals surface area contributed by atoms with Crippen molar-refractivity contribution in [3.8, 4) is 0 Å². The summed E-state index contributed by atoms with van der Waals surface area (Å²) in [7, 11) is 0. The Hall–Kier alpha value is -0.710. The third-order valence-corrected chi connectivity index (χ3v) is 3.81. The van der Waals surface area contributed by atoms with Crippen molar-refractivity contribution in [2.75, 3.05) is 31.3 Å². The highest BCUT2D eigenvalue weighted by Crippen LogP contribution is 2.24. The normalized spacial score (nSPS) is 12.7. The molecule has 0 aliphatic heterocycles. The Bertz CT molecular complexity index is 371. The van der Waals surface area contributed by atoms with Gasteiger partial charge in [-0.25, -0.2) is 0 Å². The first kappa shape index (κ1) is 17.3. The van der Waals surface area contributed by atoms with Gasteiger partial charge in [-0.05, 0) is 37.1 Å². The van der Waals surface area contributed by atoms with Crippen LogP contribution in [0.15, 0.2) is 29.2 Å². The second kappa shape index (κ2) is 10.1. The Morgan fingerprint density at radius 3 is 2.75 bits per heavy atom. The van der Waals surface area contributed by atoms with Crippen LogP contribution in [0.1, 0.15) is 26.7 Å². The number of para-hydroxylation sites is 1. The molecule has 2 N–H and O–H groups in total. The number of benzene rings is 1. The molecular formula is C16H27NO2S. The van der Waals surface area contributed by atoms with E-state index >= 15 is 0 Å². The zero-order valence-corrected chi connectivity index (χ0v) is 13.6. The van der Waals surface area contributed by atoms with Gasteiger partial charge < -0.3 is 15.2 Å². The number of hydrogen-bond donors (Lipinski definition) is 2. The van der Waals surface area contributed by atoms with E-state index in [1.54, 1.807) is 11.8 Å². The van der Waals surface area contributed by atoms with E-state index in [1.165, 1.54) is 11.3 Å². The number of rotatable bonds is 10. The van der Waals surface area contributed by atoms with Crippen LogP contribution in [0.3, 0.4) is 0 Å². The Labute approximate surface area is 127 Å². The van der Waals surface area contributed by atoms with E-state index in [-0.39, 0.29) is 0 Å². The molecule has 4 heteroatoms. The quantitative estimate of drug-likeness (QED) is 0.511. The van der Waals surface area contributed by atoms with Crippen LogP contribution in [-0.4, -0.2) is 37.2 Å². The molecule has 3 nitrogen and oxygen atoms in total. The molecule has 0 aliphatic rings. The molecule has 0 aliphatic carbocycles. The molecule has 1 atom stereocenters. The monoisotopic (exact) mass is 297 g/mol. The molecule has 0 aromatic heterocycles. The highest BCUT2D eigenvalue weighted by atomic mass is 32.2. The Morgan fingerprint density at radius 1 is 1.30 bits per heavy atom. The molecule has 1 aromatic rings. The molecule has 0 spiro atoms. The number of aliphatic hydroxyl groups is 1. The SMILES string of the molecule is CSc1ccccc1NCC(O)COCCCC(C)C. The first-order chi connectivity index (χ1) is 9.63. The fraction of sp³-hybridized carbons (Fsp3) is 0.625. The van der Waals surface area contributed by atoms with Crippen molar-refractivity contribution in [1.29, 1.82) is 0 Å². The van der Waals surface area contributed by atoms with E-state index in [2.05, 4.69) is 31.5 Å². The lowest BCUT2D eigenvalue weighted by Crippen LogP contribution is -2.25. The fourth-order valence-corrected chi connectivity index (χ4v) is 2.47. The molecule has 0 fully saturated rings. The first-order valence-electron chi connectivity index (χ1n) is 7.26. The number of hydrogen-bond acceptors (Lipinski definition) is 4. The predicted molar refractivity (Wildman–Crippen MR) is 87.6 cm³/mol. The molecule has 0 radical (unpaired) electrons. The maximum absolute atomic E-state index is 9.89. The van der Waals surface area contributed by atoms with Crippen LogP contribution >= 0.6 is 11.8 Å². The number of thioether (sulfide) groups is 1. The summed E-state index contributed by atoms with van der Waals surface area (Å²) in [5.41, 5.74) is 1.07. The van der Waals surface area contributed by atoms with E-state index in [0.717, 1.165) is 18.7 Å². The number of nitrogens with one attached hydrogen (secondary N) is 1. The average molecular weight is 297 g/mol. The molecule has 0 saturated heterocycles. The van der Waals surface area contributed by atoms with E-state index in [1.807, 2.05) is 18.2 Å². The van der Waals surface area contributed by atoms with E-state index in [0.29, 0.717) is 19.1 Å². The van der Waals surface area contributed by atoms with Crippen molar-refractivity contribution >= 4 is 17.4 Å². The lowest BCUT2D eigenvalue weighted by atomic mass is 10.1. The molecule has 0 amide bonds. The van der Waals surface area contributed by atoms with Gasteiger partial charge in [0.05, 0.1) is 12.7 Å². The molecule has 1 rings (SSSR count). The van der Waals surface area contributed by atoms with Crippen molar-refractivity contribution in [1.82, 2.24) is 0 Å². The highest BCUT2D eigenvalue weighted by Gasteiger charge is 2.06. The highest BCUT2D eigenvalue weighted by molar-refractivity contribution is 7.98. The Morgan fingerprint density at radius 2 is 2.05 bits per heavy atom. The summed E-state index contributed by atoms with van der Waals surface area (Å²) < 4.78 is 5.50. The minimum atomic E-state index is -0.469. The Balaban J connectivity index is 2.18. The van der Waals surface area contributed by atoms with Gasteiger partial charge in [-0.15, -0.1) is 11.8 Å². The summed E-state index contributed by atoms with van der Waals surface area (Å²) in [4.78, 5) is 1.19. The molecule has 0 bridgehead atoms. The van der Waals surface area contributed by atoms with Gasteiger partial charge in [0.2, 0.25) is 0 Å². The lowest BCUT2D eigenvalue weighted by Gasteiger charge is -2.15. The minimum Gasteiger partial charge on any atom is -0.389 e. The summed E-state index contributed by atoms with van der Waals surface area (Å²) in [6, 6.07) is 8.12. The smallest absolute Gasteiger partial charge is 0.0945 e. The van der Waals surface area contributed by atoms with Gasteiger partial charge in [0.1, 0.15) is 0 Å². The van der Waals surface area contributed by atoms with Crippen LogP contribution in [0.2, 0.25) is 0 Å². The molecule has 0 heterocycles. The summed E-state index contributed by atoms with van der Waals surface area (Å²) in [6.07, 6.45) is 3.82. The molecule has 114 valence electrons. The van der Waals surface area contributed by atoms with Crippen LogP contribution in [0.5, 0.6) is 0 Å². The van der Waals surface area contributed by atoms with Crippen LogP contribution in [0.4, 0.5) is 5.69 Å². The minimum absolute atomic E-state index is 0.395. The molecule has 0 saturated carbocycles. The van der Waals surface area contributed by atoms with Crippen molar-refractivity contribution in [2.24, 2.45) is 5.92 Å². The zero-order chi connectivity index (χ0) is 14.8. The van der Waals surface area contributed by atoms with Crippen LogP contribution in [0.25, 0.3) is 0 Å². The van der Waals surface area contributed by atoms with Gasteiger partial charge in [-0.3, -0.25) is 0 Å². The van der Waals surface area contributed by atoms with Crippen LogP contribution in [0, 0.1) is 5.92 Å². The topological polar surface area (TPSA) is 41.5 Å². The number of aliphatic hydroxyl groups excluding tert-OH is 1. The van der Waals surface area contributed by atoms with Crippen LogP contribution in [-0.2, 0) is 4.74 Å². The van der Waals surface area contributed by atoms with Gasteiger partial charge in [0, 0.05) is 23.7 Å². The lowest BCUT2D eigenvalue weighted by molar-refractivity contribution is 0.0409. The number of ether oxygens (including phenoxy) is 1. The Kier molecular flexibility index (Phi) is 8.74. The maximum atomic E-state index is 9.89. The van der Waals surface area contributed by atoms with Gasteiger partial charge in [0.15, 0.2) is 0 Å². The van der Waals surface area contributed by atoms with Gasteiger partial charge >= 0.3 is 0 Å². The number of anilines is 1. The van der Waals surface area contributed by atoms with Gasteiger partial charge in [0.25, 0.3) is 0 Å². The molecule has 20 heavy (non-hydrogen) atoms. The maximum Gasteiger partial charge on any atom is 0.0945 e. The van der Waals surface area contributed by atoms with Crippen LogP contribution < -0.4 is 5.32 Å². The third-order valence-electron chi connectivity index (χ3n) is 3.02. The summed E-state index contributed by atoms with van der Waals surface area (Å²) in [5, 5.41) is 13.2. The fourth-order valence-electron chi connectivity index (χ4n) is 1.89. The average Bonchev–Trinajstić information content (AvgIpc) is 2.44. The third kappa shape index (κ3) is 7.17. The molecular weight excluding hydrogens is 270 g/mol. The largest absolute Gasteiger partial charge is 0.389 e. The summed E-state index contributed by atoms with van der Waals surface area (Å²) >= 11 is 1.70. The zero-order valence-electron chi connectivity index (χ0n) is 12.8. The standard InChI is InChI=1S/C16H27NO2S/c1-13(2)7-6-10-19-12-14(18)11-17-15-8-4-5-9-16(15)20-3/h4-5,8-9,13-14,17-18H,6-7,10-12H2,1-3H3. The van der Waals surface area contributed by atoms with Gasteiger partial charge in [-0.1, -0.05) is 26.0 Å². The van der Waals surface area contributed by atoms with E-state index in [9.17, 15) is 5.11 Å². The predicted octanol–water partition coefficient (Wildman–Crippen LogP) is 3.63. The van der Waals surface area contributed by atoms with E-state index in [4.69, 9.17) is 4.74 Å². The summed E-state index contributed by atoms with van der Waals surface area (Å²) in [6.45, 7) is 6.06. The second-order valence-corrected chi connectivity index (χ2v) is 6.19. The van der Waals surface area contributed by atoms with Crippen molar-refractivity contribution in [3.05, 3.63) is 24.3 Å². The van der Waals surface area contributed by atoms with Gasteiger partial charge in [-0.2, -0.15) is 0 Å². The second-order valence-electron chi connectivity index (χ2n) is 5.35. The first-order valence-corrected chi connectivity index (χ1v) is 8.48. The molecule has 1 unspecified atom stereocenters. The van der Waals surface area contributed by atoms with Crippen molar-refractivity contribution < 1.29 is 9.84 Å². The van der Waals surface area contributed by atoms with Crippen molar-refractivity contribution in [3.63, 3.8) is 0 Å². The molecule has 1 aromatic carbocycles. The van der Waals surface area contributed by atoms with Crippen molar-refractivity contribution in [2.45, 2.75) is 37.7 Å².